The van der Waals surface area contributed by atoms with Crippen molar-refractivity contribution in [3.05, 3.63) is 27.7 Å². The van der Waals surface area contributed by atoms with Gasteiger partial charge in [0, 0.05) is 5.02 Å². The first-order chi connectivity index (χ1) is 7.69. The van der Waals surface area contributed by atoms with Gasteiger partial charge in [-0.2, -0.15) is 0 Å². The Morgan fingerprint density at radius 3 is 2.69 bits per heavy atom. The number of halogens is 2. The summed E-state index contributed by atoms with van der Waals surface area (Å²) in [5.41, 5.74) is 0.363. The number of rotatable bonds is 6. The van der Waals surface area contributed by atoms with Gasteiger partial charge in [0.25, 0.3) is 0 Å². The number of benzene rings is 1. The molecular weight excluding hydrogens is 247 g/mol. The molecule has 16 heavy (non-hydrogen) atoms. The van der Waals surface area contributed by atoms with Gasteiger partial charge in [0.15, 0.2) is 6.29 Å². The zero-order chi connectivity index (χ0) is 12.0. The Balaban J connectivity index is 2.73. The molecule has 0 saturated heterocycles. The molecule has 0 amide bonds. The van der Waals surface area contributed by atoms with Gasteiger partial charge in [-0.25, -0.2) is 0 Å². The number of hydrogen-bond donors (Lipinski definition) is 0. The monoisotopic (exact) mass is 260 g/mol. The molecule has 0 bridgehead atoms. The fourth-order valence-corrected chi connectivity index (χ4v) is 1.85. The Morgan fingerprint density at radius 1 is 1.31 bits per heavy atom. The van der Waals surface area contributed by atoms with Gasteiger partial charge in [0.2, 0.25) is 0 Å². The average molecular weight is 261 g/mol. The van der Waals surface area contributed by atoms with Gasteiger partial charge in [-0.3, -0.25) is 4.79 Å². The summed E-state index contributed by atoms with van der Waals surface area (Å²) in [7, 11) is 0. The molecule has 0 radical (unpaired) electrons. The number of aldehydes is 1. The van der Waals surface area contributed by atoms with E-state index >= 15 is 0 Å². The summed E-state index contributed by atoms with van der Waals surface area (Å²) in [5, 5.41) is 0.800. The minimum atomic E-state index is 0.327. The Bertz CT molecular complexity index is 364. The van der Waals surface area contributed by atoms with Crippen LogP contribution in [0.15, 0.2) is 12.1 Å². The van der Waals surface area contributed by atoms with E-state index in [-0.39, 0.29) is 0 Å². The summed E-state index contributed by atoms with van der Waals surface area (Å²) < 4.78 is 5.49. The lowest BCUT2D eigenvalue weighted by atomic mass is 10.2. The molecule has 0 aliphatic rings. The van der Waals surface area contributed by atoms with Crippen LogP contribution in [0.4, 0.5) is 0 Å². The van der Waals surface area contributed by atoms with E-state index in [0.717, 1.165) is 19.3 Å². The first-order valence-corrected chi connectivity index (χ1v) is 6.01. The van der Waals surface area contributed by atoms with E-state index in [9.17, 15) is 4.79 Å². The van der Waals surface area contributed by atoms with Crippen molar-refractivity contribution >= 4 is 29.5 Å². The summed E-state index contributed by atoms with van der Waals surface area (Å²) in [4.78, 5) is 10.8. The van der Waals surface area contributed by atoms with Crippen molar-refractivity contribution in [3.8, 4) is 5.75 Å². The van der Waals surface area contributed by atoms with Crippen molar-refractivity contribution in [2.75, 3.05) is 6.61 Å². The molecule has 0 aliphatic carbocycles. The van der Waals surface area contributed by atoms with Crippen LogP contribution in [0.3, 0.4) is 0 Å². The summed E-state index contributed by atoms with van der Waals surface area (Å²) in [6.45, 7) is 2.69. The number of hydrogen-bond acceptors (Lipinski definition) is 2. The number of unbranched alkanes of at least 4 members (excludes halogenated alkanes) is 2. The van der Waals surface area contributed by atoms with Crippen LogP contribution in [0.25, 0.3) is 0 Å². The van der Waals surface area contributed by atoms with E-state index in [1.54, 1.807) is 6.07 Å². The van der Waals surface area contributed by atoms with Gasteiger partial charge in [-0.1, -0.05) is 43.0 Å². The standard InChI is InChI=1S/C12H14Cl2O2/c1-2-3-4-5-16-12-7-9(13)6-11(14)10(12)8-15/h6-8H,2-5H2,1H3. The third-order valence-corrected chi connectivity index (χ3v) is 2.71. The van der Waals surface area contributed by atoms with Crippen molar-refractivity contribution in [1.29, 1.82) is 0 Å². The molecule has 0 spiro atoms. The first kappa shape index (κ1) is 13.3. The van der Waals surface area contributed by atoms with Crippen LogP contribution in [-0.4, -0.2) is 12.9 Å². The summed E-state index contributed by atoms with van der Waals surface area (Å²) in [6.07, 6.45) is 3.87. The zero-order valence-electron chi connectivity index (χ0n) is 9.13. The lowest BCUT2D eigenvalue weighted by molar-refractivity contribution is 0.111. The average Bonchev–Trinajstić information content (AvgIpc) is 2.24. The smallest absolute Gasteiger partial charge is 0.155 e. The lowest BCUT2D eigenvalue weighted by Gasteiger charge is -2.09. The minimum Gasteiger partial charge on any atom is -0.493 e. The van der Waals surface area contributed by atoms with Crippen LogP contribution < -0.4 is 4.74 Å². The van der Waals surface area contributed by atoms with Crippen molar-refractivity contribution in [2.24, 2.45) is 0 Å². The molecule has 0 unspecified atom stereocenters. The second-order valence-electron chi connectivity index (χ2n) is 3.47. The van der Waals surface area contributed by atoms with E-state index in [1.165, 1.54) is 6.07 Å². The highest BCUT2D eigenvalue weighted by Gasteiger charge is 2.09. The first-order valence-electron chi connectivity index (χ1n) is 5.26. The molecule has 4 heteroatoms. The molecule has 0 aromatic heterocycles. The zero-order valence-corrected chi connectivity index (χ0v) is 10.6. The van der Waals surface area contributed by atoms with Crippen molar-refractivity contribution < 1.29 is 9.53 Å². The quantitative estimate of drug-likeness (QED) is 0.561. The molecule has 0 fully saturated rings. The molecule has 2 nitrogen and oxygen atoms in total. The molecule has 0 heterocycles. The van der Waals surface area contributed by atoms with Crippen LogP contribution in [0.2, 0.25) is 10.0 Å². The Labute approximate surface area is 106 Å². The summed E-state index contributed by atoms with van der Waals surface area (Å²) in [5.74, 6) is 0.462. The number of carbonyl (C=O) groups is 1. The molecule has 1 aromatic carbocycles. The fourth-order valence-electron chi connectivity index (χ4n) is 1.33. The third-order valence-electron chi connectivity index (χ3n) is 2.18. The Morgan fingerprint density at radius 2 is 2.06 bits per heavy atom. The van der Waals surface area contributed by atoms with Gasteiger partial charge in [0.05, 0.1) is 17.2 Å². The lowest BCUT2D eigenvalue weighted by Crippen LogP contribution is -2.00. The highest BCUT2D eigenvalue weighted by molar-refractivity contribution is 6.36. The van der Waals surface area contributed by atoms with Gasteiger partial charge in [-0.15, -0.1) is 0 Å². The number of ether oxygens (including phenoxy) is 1. The second kappa shape index (κ2) is 6.77. The molecule has 0 saturated carbocycles. The van der Waals surface area contributed by atoms with Crippen LogP contribution in [0.1, 0.15) is 36.5 Å². The normalized spacial score (nSPS) is 10.2. The van der Waals surface area contributed by atoms with Crippen molar-refractivity contribution in [2.45, 2.75) is 26.2 Å². The SMILES string of the molecule is CCCCCOc1cc(Cl)cc(Cl)c1C=O. The maximum Gasteiger partial charge on any atom is 0.155 e. The molecule has 88 valence electrons. The van der Waals surface area contributed by atoms with E-state index in [2.05, 4.69) is 6.92 Å². The molecule has 1 aromatic rings. The van der Waals surface area contributed by atoms with Crippen LogP contribution in [0, 0.1) is 0 Å². The van der Waals surface area contributed by atoms with E-state index in [1.807, 2.05) is 0 Å². The van der Waals surface area contributed by atoms with Gasteiger partial charge >= 0.3 is 0 Å². The minimum absolute atomic E-state index is 0.327. The summed E-state index contributed by atoms with van der Waals surface area (Å²) in [6, 6.07) is 3.15. The van der Waals surface area contributed by atoms with Crippen LogP contribution >= 0.6 is 23.2 Å². The Hall–Kier alpha value is -0.730. The fraction of sp³-hybridized carbons (Fsp3) is 0.417. The molecule has 0 aliphatic heterocycles. The molecule has 0 atom stereocenters. The Kier molecular flexibility index (Phi) is 5.64. The van der Waals surface area contributed by atoms with Crippen molar-refractivity contribution in [1.82, 2.24) is 0 Å². The number of carbonyl (C=O) groups excluding carboxylic acids is 1. The predicted molar refractivity (Wildman–Crippen MR) is 66.9 cm³/mol. The molecule has 1 rings (SSSR count). The van der Waals surface area contributed by atoms with Crippen LogP contribution in [-0.2, 0) is 0 Å². The topological polar surface area (TPSA) is 26.3 Å². The largest absolute Gasteiger partial charge is 0.493 e. The van der Waals surface area contributed by atoms with Gasteiger partial charge < -0.3 is 4.74 Å². The van der Waals surface area contributed by atoms with E-state index < -0.39 is 0 Å². The van der Waals surface area contributed by atoms with Gasteiger partial charge in [0.1, 0.15) is 5.75 Å². The van der Waals surface area contributed by atoms with Gasteiger partial charge in [-0.05, 0) is 18.6 Å². The van der Waals surface area contributed by atoms with E-state index in [0.29, 0.717) is 34.3 Å². The summed E-state index contributed by atoms with van der Waals surface area (Å²) >= 11 is 11.7. The van der Waals surface area contributed by atoms with Crippen molar-refractivity contribution in [3.63, 3.8) is 0 Å². The third kappa shape index (κ3) is 3.69. The highest BCUT2D eigenvalue weighted by atomic mass is 35.5. The van der Waals surface area contributed by atoms with Crippen LogP contribution in [0.5, 0.6) is 5.75 Å². The second-order valence-corrected chi connectivity index (χ2v) is 4.32. The maximum absolute atomic E-state index is 10.8. The molecule has 0 N–H and O–H groups in total. The maximum atomic E-state index is 10.8. The molecular formula is C12H14Cl2O2. The van der Waals surface area contributed by atoms with E-state index in [4.69, 9.17) is 27.9 Å². The predicted octanol–water partition coefficient (Wildman–Crippen LogP) is 4.37. The highest BCUT2D eigenvalue weighted by Crippen LogP contribution is 2.29.